The molecule has 2 rings (SSSR count). The largest absolute Gasteiger partial charge is 0.490 e. The maximum absolute atomic E-state index is 12.1. The molecule has 0 spiro atoms. The average molecular weight is 355 g/mol. The Balaban J connectivity index is 2.13. The number of carbonyl (C=O) groups excluding carboxylic acids is 1. The second-order valence-corrected chi connectivity index (χ2v) is 5.73. The summed E-state index contributed by atoms with van der Waals surface area (Å²) in [5, 5.41) is 4.18. The number of nitrogens with one attached hydrogen (secondary N) is 1. The van der Waals surface area contributed by atoms with Crippen molar-refractivity contribution in [1.82, 2.24) is 10.4 Å². The van der Waals surface area contributed by atoms with E-state index in [-0.39, 0.29) is 5.91 Å². The molecule has 0 saturated heterocycles. The Morgan fingerprint density at radius 3 is 2.31 bits per heavy atom. The third-order valence-electron chi connectivity index (χ3n) is 3.55. The summed E-state index contributed by atoms with van der Waals surface area (Å²) in [4.78, 5) is 16.0. The minimum absolute atomic E-state index is 0.280. The minimum atomic E-state index is -0.280. The van der Waals surface area contributed by atoms with Crippen molar-refractivity contribution in [1.29, 1.82) is 0 Å². The molecule has 0 radical (unpaired) electrons. The van der Waals surface area contributed by atoms with Crippen LogP contribution in [0.25, 0.3) is 0 Å². The third-order valence-corrected chi connectivity index (χ3v) is 3.55. The van der Waals surface area contributed by atoms with Crippen LogP contribution in [0, 0.1) is 0 Å². The zero-order valence-corrected chi connectivity index (χ0v) is 15.5. The number of ether oxygens (including phenoxy) is 2. The normalized spacial score (nSPS) is 11.1. The van der Waals surface area contributed by atoms with E-state index in [1.54, 1.807) is 24.5 Å². The molecule has 6 heteroatoms. The topological polar surface area (TPSA) is 72.8 Å². The minimum Gasteiger partial charge on any atom is -0.490 e. The lowest BCUT2D eigenvalue weighted by Crippen LogP contribution is -2.19. The van der Waals surface area contributed by atoms with Crippen LogP contribution in [0.1, 0.15) is 49.5 Å². The van der Waals surface area contributed by atoms with E-state index >= 15 is 0 Å². The highest BCUT2D eigenvalue weighted by atomic mass is 16.5. The Bertz CT molecular complexity index is 745. The SMILES string of the molecule is CCCOc1ccc(/C(C)=N\NC(=O)c2ccncc2)cc1OCCC. The standard InChI is InChI=1S/C20H25N3O3/c1-4-12-25-18-7-6-17(14-19(18)26-13-5-2)15(3)22-23-20(24)16-8-10-21-11-9-16/h6-11,14H,4-5,12-13H2,1-3H3,(H,23,24)/b22-15-. The van der Waals surface area contributed by atoms with Gasteiger partial charge in [-0.05, 0) is 50.1 Å². The molecule has 1 aromatic heterocycles. The number of benzene rings is 1. The molecule has 2 aromatic rings. The number of pyridine rings is 1. The highest BCUT2D eigenvalue weighted by Gasteiger charge is 2.09. The zero-order valence-electron chi connectivity index (χ0n) is 15.5. The average Bonchev–Trinajstić information content (AvgIpc) is 2.69. The first-order chi connectivity index (χ1) is 12.7. The van der Waals surface area contributed by atoms with Gasteiger partial charge in [0.15, 0.2) is 11.5 Å². The van der Waals surface area contributed by atoms with Crippen molar-refractivity contribution in [3.8, 4) is 11.5 Å². The van der Waals surface area contributed by atoms with Crippen LogP contribution >= 0.6 is 0 Å². The van der Waals surface area contributed by atoms with Gasteiger partial charge in [-0.1, -0.05) is 13.8 Å². The number of carbonyl (C=O) groups is 1. The summed E-state index contributed by atoms with van der Waals surface area (Å²) < 4.78 is 11.5. The fourth-order valence-electron chi connectivity index (χ4n) is 2.16. The number of hydrazone groups is 1. The second kappa shape index (κ2) is 10.2. The van der Waals surface area contributed by atoms with E-state index in [1.807, 2.05) is 25.1 Å². The molecule has 0 atom stereocenters. The van der Waals surface area contributed by atoms with Crippen LogP contribution in [0.4, 0.5) is 0 Å². The van der Waals surface area contributed by atoms with Crippen molar-refractivity contribution in [3.63, 3.8) is 0 Å². The van der Waals surface area contributed by atoms with Gasteiger partial charge in [0, 0.05) is 23.5 Å². The maximum Gasteiger partial charge on any atom is 0.271 e. The van der Waals surface area contributed by atoms with E-state index in [0.717, 1.165) is 24.2 Å². The molecule has 1 N–H and O–H groups in total. The summed E-state index contributed by atoms with van der Waals surface area (Å²) in [5.74, 6) is 1.13. The van der Waals surface area contributed by atoms with Crippen LogP contribution in [0.5, 0.6) is 11.5 Å². The van der Waals surface area contributed by atoms with E-state index in [0.29, 0.717) is 30.2 Å². The second-order valence-electron chi connectivity index (χ2n) is 5.73. The first-order valence-electron chi connectivity index (χ1n) is 8.80. The van der Waals surface area contributed by atoms with Crippen LogP contribution in [0.3, 0.4) is 0 Å². The molecular formula is C20H25N3O3. The molecule has 26 heavy (non-hydrogen) atoms. The van der Waals surface area contributed by atoms with Crippen LogP contribution in [-0.4, -0.2) is 29.8 Å². The summed E-state index contributed by atoms with van der Waals surface area (Å²) in [6.07, 6.45) is 4.97. The Labute approximate surface area is 154 Å². The van der Waals surface area contributed by atoms with Crippen LogP contribution in [0.15, 0.2) is 47.8 Å². The zero-order chi connectivity index (χ0) is 18.8. The van der Waals surface area contributed by atoms with E-state index in [2.05, 4.69) is 29.4 Å². The van der Waals surface area contributed by atoms with E-state index in [1.165, 1.54) is 0 Å². The van der Waals surface area contributed by atoms with Gasteiger partial charge in [-0.2, -0.15) is 5.10 Å². The third kappa shape index (κ3) is 5.58. The van der Waals surface area contributed by atoms with Gasteiger partial charge in [0.25, 0.3) is 5.91 Å². The molecule has 6 nitrogen and oxygen atoms in total. The van der Waals surface area contributed by atoms with Crippen LogP contribution in [-0.2, 0) is 0 Å². The van der Waals surface area contributed by atoms with Crippen LogP contribution < -0.4 is 14.9 Å². The van der Waals surface area contributed by atoms with Gasteiger partial charge in [0.1, 0.15) is 0 Å². The molecule has 138 valence electrons. The highest BCUT2D eigenvalue weighted by Crippen LogP contribution is 2.29. The Morgan fingerprint density at radius 2 is 1.65 bits per heavy atom. The molecule has 1 amide bonds. The number of nitrogens with zero attached hydrogens (tertiary/aromatic N) is 2. The van der Waals surface area contributed by atoms with Gasteiger partial charge >= 0.3 is 0 Å². The fraction of sp³-hybridized carbons (Fsp3) is 0.350. The number of amides is 1. The first kappa shape index (κ1) is 19.4. The van der Waals surface area contributed by atoms with E-state index in [9.17, 15) is 4.79 Å². The van der Waals surface area contributed by atoms with Crippen molar-refractivity contribution < 1.29 is 14.3 Å². The number of rotatable bonds is 9. The number of aromatic nitrogens is 1. The van der Waals surface area contributed by atoms with Crippen molar-refractivity contribution in [3.05, 3.63) is 53.9 Å². The molecule has 0 fully saturated rings. The molecule has 1 aromatic carbocycles. The summed E-state index contributed by atoms with van der Waals surface area (Å²) in [7, 11) is 0. The molecule has 0 aliphatic carbocycles. The Kier molecular flexibility index (Phi) is 7.61. The highest BCUT2D eigenvalue weighted by molar-refractivity contribution is 6.01. The van der Waals surface area contributed by atoms with Gasteiger partial charge in [-0.3, -0.25) is 9.78 Å². The lowest BCUT2D eigenvalue weighted by atomic mass is 10.1. The lowest BCUT2D eigenvalue weighted by molar-refractivity contribution is 0.0954. The molecular weight excluding hydrogens is 330 g/mol. The molecule has 0 saturated carbocycles. The predicted octanol–water partition coefficient (Wildman–Crippen LogP) is 3.81. The van der Waals surface area contributed by atoms with Crippen LogP contribution in [0.2, 0.25) is 0 Å². The molecule has 0 bridgehead atoms. The lowest BCUT2D eigenvalue weighted by Gasteiger charge is -2.13. The monoisotopic (exact) mass is 355 g/mol. The van der Waals surface area contributed by atoms with Crippen molar-refractivity contribution in [2.24, 2.45) is 5.10 Å². The summed E-state index contributed by atoms with van der Waals surface area (Å²) in [6, 6.07) is 8.94. The van der Waals surface area contributed by atoms with Gasteiger partial charge < -0.3 is 9.47 Å². The Morgan fingerprint density at radius 1 is 1.00 bits per heavy atom. The number of hydrogen-bond acceptors (Lipinski definition) is 5. The molecule has 0 aliphatic rings. The fourth-order valence-corrected chi connectivity index (χ4v) is 2.16. The smallest absolute Gasteiger partial charge is 0.271 e. The molecule has 1 heterocycles. The quantitative estimate of drug-likeness (QED) is 0.548. The van der Waals surface area contributed by atoms with E-state index in [4.69, 9.17) is 9.47 Å². The summed E-state index contributed by atoms with van der Waals surface area (Å²) in [5.41, 5.74) is 4.60. The Hall–Kier alpha value is -2.89. The van der Waals surface area contributed by atoms with Crippen molar-refractivity contribution >= 4 is 11.6 Å². The maximum atomic E-state index is 12.1. The first-order valence-corrected chi connectivity index (χ1v) is 8.80. The van der Waals surface area contributed by atoms with Crippen molar-refractivity contribution in [2.75, 3.05) is 13.2 Å². The predicted molar refractivity (Wildman–Crippen MR) is 102 cm³/mol. The van der Waals surface area contributed by atoms with Gasteiger partial charge in [0.2, 0.25) is 0 Å². The number of hydrogen-bond donors (Lipinski definition) is 1. The molecule has 0 aliphatic heterocycles. The van der Waals surface area contributed by atoms with Gasteiger partial charge in [-0.25, -0.2) is 5.43 Å². The molecule has 0 unspecified atom stereocenters. The summed E-state index contributed by atoms with van der Waals surface area (Å²) >= 11 is 0. The van der Waals surface area contributed by atoms with Gasteiger partial charge in [0.05, 0.1) is 18.9 Å². The summed E-state index contributed by atoms with van der Waals surface area (Å²) in [6.45, 7) is 7.19. The van der Waals surface area contributed by atoms with E-state index < -0.39 is 0 Å². The van der Waals surface area contributed by atoms with Gasteiger partial charge in [-0.15, -0.1) is 0 Å². The van der Waals surface area contributed by atoms with Crippen molar-refractivity contribution in [2.45, 2.75) is 33.6 Å².